The SMILES string of the molecule is NC(=S)c1ccc(-n2ccnc2)cc1C(F)(F)F. The lowest BCUT2D eigenvalue weighted by atomic mass is 10.1. The highest BCUT2D eigenvalue weighted by Gasteiger charge is 2.34. The fourth-order valence-electron chi connectivity index (χ4n) is 1.55. The van der Waals surface area contributed by atoms with Crippen molar-refractivity contribution in [3.63, 3.8) is 0 Å². The van der Waals surface area contributed by atoms with E-state index in [2.05, 4.69) is 17.2 Å². The molecule has 94 valence electrons. The number of halogens is 3. The summed E-state index contributed by atoms with van der Waals surface area (Å²) in [7, 11) is 0. The van der Waals surface area contributed by atoms with Crippen LogP contribution in [0.15, 0.2) is 36.9 Å². The highest BCUT2D eigenvalue weighted by Crippen LogP contribution is 2.33. The summed E-state index contributed by atoms with van der Waals surface area (Å²) in [6.45, 7) is 0. The van der Waals surface area contributed by atoms with E-state index in [1.807, 2.05) is 0 Å². The lowest BCUT2D eigenvalue weighted by Crippen LogP contribution is -2.18. The molecule has 0 fully saturated rings. The summed E-state index contributed by atoms with van der Waals surface area (Å²) < 4.78 is 40.1. The normalized spacial score (nSPS) is 11.5. The maximum absolute atomic E-state index is 12.9. The van der Waals surface area contributed by atoms with Gasteiger partial charge in [-0.05, 0) is 18.2 Å². The van der Waals surface area contributed by atoms with Crippen LogP contribution in [0.5, 0.6) is 0 Å². The quantitative estimate of drug-likeness (QED) is 0.854. The highest BCUT2D eigenvalue weighted by atomic mass is 32.1. The highest BCUT2D eigenvalue weighted by molar-refractivity contribution is 7.80. The van der Waals surface area contributed by atoms with Crippen molar-refractivity contribution in [3.8, 4) is 5.69 Å². The molecule has 1 aromatic heterocycles. The molecule has 2 rings (SSSR count). The molecule has 2 aromatic rings. The molecule has 0 atom stereocenters. The first-order valence-corrected chi connectivity index (χ1v) is 5.30. The first kappa shape index (κ1) is 12.6. The first-order valence-electron chi connectivity index (χ1n) is 4.89. The second-order valence-electron chi connectivity index (χ2n) is 3.56. The van der Waals surface area contributed by atoms with Crippen molar-refractivity contribution in [3.05, 3.63) is 48.0 Å². The van der Waals surface area contributed by atoms with E-state index in [1.54, 1.807) is 6.20 Å². The number of hydrogen-bond acceptors (Lipinski definition) is 2. The van der Waals surface area contributed by atoms with Gasteiger partial charge in [0, 0.05) is 23.6 Å². The molecular weight excluding hydrogens is 263 g/mol. The third kappa shape index (κ3) is 2.35. The Bertz CT molecular complexity index is 576. The van der Waals surface area contributed by atoms with Crippen LogP contribution in [0.3, 0.4) is 0 Å². The molecule has 1 heterocycles. The maximum atomic E-state index is 12.9. The van der Waals surface area contributed by atoms with E-state index in [4.69, 9.17) is 5.73 Å². The van der Waals surface area contributed by atoms with Crippen molar-refractivity contribution in [1.29, 1.82) is 0 Å². The van der Waals surface area contributed by atoms with E-state index >= 15 is 0 Å². The zero-order valence-electron chi connectivity index (χ0n) is 8.98. The molecule has 18 heavy (non-hydrogen) atoms. The van der Waals surface area contributed by atoms with Crippen molar-refractivity contribution in [1.82, 2.24) is 9.55 Å². The number of benzene rings is 1. The van der Waals surface area contributed by atoms with Crippen LogP contribution >= 0.6 is 12.2 Å². The van der Waals surface area contributed by atoms with Crippen molar-refractivity contribution >= 4 is 17.2 Å². The molecule has 3 nitrogen and oxygen atoms in total. The Morgan fingerprint density at radius 2 is 2.06 bits per heavy atom. The minimum Gasteiger partial charge on any atom is -0.389 e. The largest absolute Gasteiger partial charge is 0.417 e. The average molecular weight is 271 g/mol. The monoisotopic (exact) mass is 271 g/mol. The smallest absolute Gasteiger partial charge is 0.389 e. The van der Waals surface area contributed by atoms with E-state index in [-0.39, 0.29) is 10.6 Å². The van der Waals surface area contributed by atoms with E-state index in [1.165, 1.54) is 29.2 Å². The molecule has 2 N–H and O–H groups in total. The van der Waals surface area contributed by atoms with Gasteiger partial charge in [0.25, 0.3) is 0 Å². The van der Waals surface area contributed by atoms with Crippen molar-refractivity contribution in [2.75, 3.05) is 0 Å². The third-order valence-electron chi connectivity index (χ3n) is 2.38. The Balaban J connectivity index is 2.60. The van der Waals surface area contributed by atoms with Gasteiger partial charge in [0.1, 0.15) is 4.99 Å². The molecule has 0 aliphatic carbocycles. The van der Waals surface area contributed by atoms with Crippen LogP contribution in [0.1, 0.15) is 11.1 Å². The lowest BCUT2D eigenvalue weighted by Gasteiger charge is -2.13. The van der Waals surface area contributed by atoms with Gasteiger partial charge in [-0.2, -0.15) is 13.2 Å². The summed E-state index contributed by atoms with van der Waals surface area (Å²) in [6, 6.07) is 3.77. The zero-order valence-corrected chi connectivity index (χ0v) is 9.79. The average Bonchev–Trinajstić information content (AvgIpc) is 2.80. The van der Waals surface area contributed by atoms with Gasteiger partial charge in [-0.1, -0.05) is 12.2 Å². The molecule has 0 aliphatic heterocycles. The van der Waals surface area contributed by atoms with E-state index < -0.39 is 11.7 Å². The zero-order chi connectivity index (χ0) is 13.3. The Labute approximate surface area is 106 Å². The number of rotatable bonds is 2. The van der Waals surface area contributed by atoms with Crippen LogP contribution in [-0.4, -0.2) is 14.5 Å². The molecule has 0 saturated carbocycles. The van der Waals surface area contributed by atoms with Crippen LogP contribution in [-0.2, 0) is 6.18 Å². The van der Waals surface area contributed by atoms with Gasteiger partial charge >= 0.3 is 6.18 Å². The fourth-order valence-corrected chi connectivity index (χ4v) is 1.73. The number of imidazole rings is 1. The van der Waals surface area contributed by atoms with Gasteiger partial charge < -0.3 is 10.3 Å². The van der Waals surface area contributed by atoms with E-state index in [0.717, 1.165) is 6.07 Å². The number of aromatic nitrogens is 2. The van der Waals surface area contributed by atoms with Crippen LogP contribution in [0.25, 0.3) is 5.69 Å². The molecule has 0 unspecified atom stereocenters. The second-order valence-corrected chi connectivity index (χ2v) is 4.00. The Morgan fingerprint density at radius 3 is 2.56 bits per heavy atom. The first-order chi connectivity index (χ1) is 8.39. The Morgan fingerprint density at radius 1 is 1.33 bits per heavy atom. The van der Waals surface area contributed by atoms with E-state index in [9.17, 15) is 13.2 Å². The Hall–Kier alpha value is -1.89. The maximum Gasteiger partial charge on any atom is 0.417 e. The lowest BCUT2D eigenvalue weighted by molar-refractivity contribution is -0.137. The van der Waals surface area contributed by atoms with Gasteiger partial charge in [-0.15, -0.1) is 0 Å². The van der Waals surface area contributed by atoms with Crippen LogP contribution in [0, 0.1) is 0 Å². The number of nitrogens with zero attached hydrogens (tertiary/aromatic N) is 2. The van der Waals surface area contributed by atoms with Gasteiger partial charge in [0.2, 0.25) is 0 Å². The van der Waals surface area contributed by atoms with Crippen molar-refractivity contribution in [2.45, 2.75) is 6.18 Å². The third-order valence-corrected chi connectivity index (χ3v) is 2.60. The summed E-state index contributed by atoms with van der Waals surface area (Å²) in [5, 5.41) is 0. The van der Waals surface area contributed by atoms with Gasteiger partial charge in [0.15, 0.2) is 0 Å². The predicted molar refractivity (Wildman–Crippen MR) is 64.5 cm³/mol. The predicted octanol–water partition coefficient (Wildman–Crippen LogP) is 2.53. The molecule has 0 amide bonds. The van der Waals surface area contributed by atoms with Crippen LogP contribution in [0.4, 0.5) is 13.2 Å². The molecule has 1 aromatic carbocycles. The molecular formula is C11H8F3N3S. The number of thiocarbonyl (C=S) groups is 1. The summed E-state index contributed by atoms with van der Waals surface area (Å²) in [6.07, 6.45) is -0.0596. The van der Waals surface area contributed by atoms with Gasteiger partial charge in [0.05, 0.1) is 11.9 Å². The van der Waals surface area contributed by atoms with Crippen molar-refractivity contribution in [2.24, 2.45) is 5.73 Å². The van der Waals surface area contributed by atoms with Gasteiger partial charge in [-0.25, -0.2) is 4.98 Å². The molecule has 0 spiro atoms. The standard InChI is InChI=1S/C11H8F3N3S/c12-11(13,14)9-5-7(17-4-3-16-6-17)1-2-8(9)10(15)18/h1-6H,(H2,15,18). The molecule has 0 saturated heterocycles. The number of alkyl halides is 3. The summed E-state index contributed by atoms with van der Waals surface area (Å²) in [5.41, 5.74) is 4.61. The molecule has 0 radical (unpaired) electrons. The summed E-state index contributed by atoms with van der Waals surface area (Å²) >= 11 is 4.62. The molecule has 0 aliphatic rings. The topological polar surface area (TPSA) is 43.8 Å². The number of hydrogen-bond donors (Lipinski definition) is 1. The summed E-state index contributed by atoms with van der Waals surface area (Å²) in [4.78, 5) is 3.50. The van der Waals surface area contributed by atoms with Crippen LogP contribution < -0.4 is 5.73 Å². The molecule has 7 heteroatoms. The second kappa shape index (κ2) is 4.41. The fraction of sp³-hybridized carbons (Fsp3) is 0.0909. The minimum atomic E-state index is -4.50. The molecule has 0 bridgehead atoms. The summed E-state index contributed by atoms with van der Waals surface area (Å²) in [5.74, 6) is 0. The minimum absolute atomic E-state index is 0.179. The van der Waals surface area contributed by atoms with Gasteiger partial charge in [-0.3, -0.25) is 0 Å². The Kier molecular flexibility index (Phi) is 3.08. The van der Waals surface area contributed by atoms with Crippen molar-refractivity contribution < 1.29 is 13.2 Å². The number of nitrogens with two attached hydrogens (primary N) is 1. The van der Waals surface area contributed by atoms with E-state index in [0.29, 0.717) is 5.69 Å². The van der Waals surface area contributed by atoms with Crippen LogP contribution in [0.2, 0.25) is 0 Å².